The molecule has 0 bridgehead atoms. The van der Waals surface area contributed by atoms with E-state index in [1.54, 1.807) is 12.1 Å². The number of halogens is 1. The molecule has 2 rings (SSSR count). The van der Waals surface area contributed by atoms with Gasteiger partial charge in [0.15, 0.2) is 5.82 Å². The number of pyridine rings is 1. The minimum Gasteiger partial charge on any atom is -0.545 e. The number of carbonyl (C=O) groups excluding carboxylic acids is 1. The Hall–Kier alpha value is -1.83. The first-order chi connectivity index (χ1) is 8.16. The fourth-order valence-electron chi connectivity index (χ4n) is 1.36. The second-order valence-electron chi connectivity index (χ2n) is 3.35. The molecule has 0 atom stereocenters. The molecule has 0 amide bonds. The molecule has 0 aliphatic carbocycles. The summed E-state index contributed by atoms with van der Waals surface area (Å²) in [6.07, 6.45) is 2.51. The van der Waals surface area contributed by atoms with Gasteiger partial charge in [-0.25, -0.2) is 4.39 Å². The van der Waals surface area contributed by atoms with Crippen molar-refractivity contribution in [1.82, 2.24) is 4.98 Å². The van der Waals surface area contributed by atoms with Gasteiger partial charge >= 0.3 is 18.9 Å². The van der Waals surface area contributed by atoms with Gasteiger partial charge in [-0.1, -0.05) is 12.1 Å². The monoisotopic (exact) mass is 238 g/mol. The van der Waals surface area contributed by atoms with Crippen molar-refractivity contribution in [3.05, 3.63) is 54.1 Å². The van der Waals surface area contributed by atoms with Crippen LogP contribution in [0.1, 0.15) is 10.4 Å². The van der Waals surface area contributed by atoms with Gasteiger partial charge in [-0.2, -0.15) is 0 Å². The summed E-state index contributed by atoms with van der Waals surface area (Å²) in [5.74, 6) is -1.78. The van der Waals surface area contributed by atoms with Gasteiger partial charge in [0, 0.05) is 11.9 Å². The number of carbonyl (C=O) groups is 1. The van der Waals surface area contributed by atoms with Crippen LogP contribution in [0.2, 0.25) is 0 Å². The molecule has 18 heavy (non-hydrogen) atoms. The first-order valence-electron chi connectivity index (χ1n) is 4.85. The van der Waals surface area contributed by atoms with Crippen molar-refractivity contribution in [2.75, 3.05) is 5.32 Å². The van der Waals surface area contributed by atoms with Gasteiger partial charge in [0.2, 0.25) is 0 Å². The number of nitrogens with zero attached hydrogens (tertiary/aromatic N) is 1. The Labute approximate surface area is 115 Å². The van der Waals surface area contributed by atoms with Crippen molar-refractivity contribution >= 4 is 17.3 Å². The quantitative estimate of drug-likeness (QED) is 0.649. The predicted molar refractivity (Wildman–Crippen MR) is 58.3 cm³/mol. The Balaban J connectivity index is 0.00000162. The fourth-order valence-corrected chi connectivity index (χ4v) is 1.36. The standard InChI is InChI=1S/C12H9FN2O2.Li/c13-10-7-14-5-4-11(10)15-9-3-1-2-8(6-9)12(16)17;/h1-7H,(H,14,15)(H,16,17);/q;+1/p-1. The van der Waals surface area contributed by atoms with Crippen LogP contribution < -0.4 is 29.3 Å². The molecule has 0 aliphatic heterocycles. The average molecular weight is 238 g/mol. The Morgan fingerprint density at radius 2 is 2.11 bits per heavy atom. The van der Waals surface area contributed by atoms with Crippen molar-refractivity contribution in [3.8, 4) is 0 Å². The van der Waals surface area contributed by atoms with Crippen LogP contribution in [-0.2, 0) is 0 Å². The van der Waals surface area contributed by atoms with Crippen LogP contribution in [0, 0.1) is 5.82 Å². The Morgan fingerprint density at radius 1 is 1.33 bits per heavy atom. The summed E-state index contributed by atoms with van der Waals surface area (Å²) in [5, 5.41) is 13.4. The van der Waals surface area contributed by atoms with E-state index in [-0.39, 0.29) is 30.1 Å². The summed E-state index contributed by atoms with van der Waals surface area (Å²) in [5.41, 5.74) is 0.733. The van der Waals surface area contributed by atoms with E-state index in [0.29, 0.717) is 5.69 Å². The topological polar surface area (TPSA) is 65.0 Å². The number of nitrogens with one attached hydrogen (secondary N) is 1. The molecule has 1 aromatic carbocycles. The summed E-state index contributed by atoms with van der Waals surface area (Å²) < 4.78 is 13.3. The molecule has 0 radical (unpaired) electrons. The smallest absolute Gasteiger partial charge is 0.545 e. The van der Waals surface area contributed by atoms with Crippen LogP contribution in [0.15, 0.2) is 42.7 Å². The number of hydrogen-bond donors (Lipinski definition) is 1. The molecule has 0 saturated heterocycles. The maximum absolute atomic E-state index is 13.3. The molecule has 1 aromatic heterocycles. The van der Waals surface area contributed by atoms with Crippen molar-refractivity contribution in [3.63, 3.8) is 0 Å². The molecular weight excluding hydrogens is 230 g/mol. The van der Waals surface area contributed by atoms with E-state index < -0.39 is 11.8 Å². The molecule has 2 aromatic rings. The van der Waals surface area contributed by atoms with Gasteiger partial charge < -0.3 is 15.2 Å². The summed E-state index contributed by atoms with van der Waals surface area (Å²) >= 11 is 0. The van der Waals surface area contributed by atoms with E-state index in [9.17, 15) is 14.3 Å². The SMILES string of the molecule is O=C([O-])c1cccc(Nc2ccncc2F)c1.[Li+]. The molecule has 0 spiro atoms. The van der Waals surface area contributed by atoms with Crippen LogP contribution in [0.4, 0.5) is 15.8 Å². The summed E-state index contributed by atoms with van der Waals surface area (Å²) in [4.78, 5) is 14.3. The summed E-state index contributed by atoms with van der Waals surface area (Å²) in [6, 6.07) is 7.42. The summed E-state index contributed by atoms with van der Waals surface area (Å²) in [7, 11) is 0. The first kappa shape index (κ1) is 14.2. The number of carboxylic acid groups (broad SMARTS) is 1. The van der Waals surface area contributed by atoms with E-state index >= 15 is 0 Å². The van der Waals surface area contributed by atoms with Crippen molar-refractivity contribution < 1.29 is 33.2 Å². The average Bonchev–Trinajstić information content (AvgIpc) is 2.32. The molecule has 1 heterocycles. The molecule has 0 fully saturated rings. The van der Waals surface area contributed by atoms with Crippen LogP contribution in [0.3, 0.4) is 0 Å². The molecule has 0 unspecified atom stereocenters. The van der Waals surface area contributed by atoms with Gasteiger partial charge in [-0.3, -0.25) is 4.98 Å². The largest absolute Gasteiger partial charge is 1.00 e. The molecule has 6 heteroatoms. The molecule has 0 aliphatic rings. The summed E-state index contributed by atoms with van der Waals surface area (Å²) in [6.45, 7) is 0. The van der Waals surface area contributed by atoms with Gasteiger partial charge in [0.05, 0.1) is 17.9 Å². The van der Waals surface area contributed by atoms with E-state index in [1.165, 1.54) is 24.4 Å². The van der Waals surface area contributed by atoms with Gasteiger partial charge in [-0.05, 0) is 23.8 Å². The third kappa shape index (κ3) is 3.33. The number of anilines is 2. The van der Waals surface area contributed by atoms with Crippen LogP contribution in [-0.4, -0.2) is 11.0 Å². The van der Waals surface area contributed by atoms with Gasteiger partial charge in [0.25, 0.3) is 0 Å². The van der Waals surface area contributed by atoms with Crippen LogP contribution in [0.5, 0.6) is 0 Å². The Morgan fingerprint density at radius 3 is 2.78 bits per heavy atom. The van der Waals surface area contributed by atoms with Gasteiger partial charge in [0.1, 0.15) is 0 Å². The zero-order valence-electron chi connectivity index (χ0n) is 9.68. The van der Waals surface area contributed by atoms with Crippen molar-refractivity contribution in [2.24, 2.45) is 0 Å². The number of aromatic nitrogens is 1. The number of rotatable bonds is 3. The molecule has 4 nitrogen and oxygen atoms in total. The Kier molecular flexibility index (Phi) is 4.90. The molecule has 86 valence electrons. The van der Waals surface area contributed by atoms with E-state index in [2.05, 4.69) is 10.3 Å². The minimum atomic E-state index is -1.27. The zero-order valence-corrected chi connectivity index (χ0v) is 9.68. The van der Waals surface area contributed by atoms with Crippen LogP contribution in [0.25, 0.3) is 0 Å². The fraction of sp³-hybridized carbons (Fsp3) is 0. The number of benzene rings is 1. The molecule has 1 N–H and O–H groups in total. The van der Waals surface area contributed by atoms with Crippen molar-refractivity contribution in [2.45, 2.75) is 0 Å². The van der Waals surface area contributed by atoms with E-state index in [0.717, 1.165) is 6.20 Å². The third-order valence-electron chi connectivity index (χ3n) is 2.15. The number of carboxylic acids is 1. The predicted octanol–water partition coefficient (Wildman–Crippen LogP) is -1.67. The third-order valence-corrected chi connectivity index (χ3v) is 2.15. The Bertz CT molecular complexity index is 563. The molecule has 0 saturated carbocycles. The second-order valence-corrected chi connectivity index (χ2v) is 3.35. The molecular formula is C12H8FLiN2O2. The second kappa shape index (κ2) is 6.20. The van der Waals surface area contributed by atoms with Crippen molar-refractivity contribution in [1.29, 1.82) is 0 Å². The maximum Gasteiger partial charge on any atom is 1.00 e. The van der Waals surface area contributed by atoms with Crippen LogP contribution >= 0.6 is 0 Å². The first-order valence-corrected chi connectivity index (χ1v) is 4.85. The zero-order chi connectivity index (χ0) is 12.3. The number of aromatic carboxylic acids is 1. The maximum atomic E-state index is 13.3. The van der Waals surface area contributed by atoms with E-state index in [1.807, 2.05) is 0 Å². The normalized spacial score (nSPS) is 9.39. The van der Waals surface area contributed by atoms with Gasteiger partial charge in [-0.15, -0.1) is 0 Å². The minimum absolute atomic E-state index is 0. The number of hydrogen-bond acceptors (Lipinski definition) is 4. The van der Waals surface area contributed by atoms with E-state index in [4.69, 9.17) is 0 Å².